The van der Waals surface area contributed by atoms with Crippen LogP contribution in [0.2, 0.25) is 5.02 Å². The fourth-order valence-corrected chi connectivity index (χ4v) is 1.21. The van der Waals surface area contributed by atoms with Crippen molar-refractivity contribution >= 4 is 29.8 Å². The molecule has 0 unspecified atom stereocenters. The first-order chi connectivity index (χ1) is 5.93. The Morgan fingerprint density at radius 3 is 2.29 bits per heavy atom. The Hall–Kier alpha value is -0.570. The van der Waals surface area contributed by atoms with Crippen LogP contribution in [-0.2, 0) is 0 Å². The average molecular weight is 234 g/mol. The molecule has 1 rings (SSSR count). The van der Waals surface area contributed by atoms with Gasteiger partial charge in [0.1, 0.15) is 0 Å². The van der Waals surface area contributed by atoms with E-state index in [-0.39, 0.29) is 18.2 Å². The van der Waals surface area contributed by atoms with Crippen molar-refractivity contribution in [2.45, 2.75) is 19.4 Å². The Balaban J connectivity index is 0.00000169. The molecule has 4 heteroatoms. The van der Waals surface area contributed by atoms with E-state index < -0.39 is 5.54 Å². The molecule has 1 aromatic rings. The van der Waals surface area contributed by atoms with Gasteiger partial charge in [0.05, 0.1) is 10.6 Å². The van der Waals surface area contributed by atoms with Crippen LogP contribution in [-0.4, -0.2) is 11.3 Å². The third-order valence-corrected chi connectivity index (χ3v) is 2.03. The number of hydrogen-bond acceptors (Lipinski definition) is 2. The van der Waals surface area contributed by atoms with Gasteiger partial charge in [-0.25, -0.2) is 0 Å². The minimum Gasteiger partial charge on any atom is -0.319 e. The van der Waals surface area contributed by atoms with E-state index >= 15 is 0 Å². The molecule has 0 aliphatic carbocycles. The summed E-state index contributed by atoms with van der Waals surface area (Å²) in [6.07, 6.45) is 0. The van der Waals surface area contributed by atoms with E-state index in [1.54, 1.807) is 38.1 Å². The lowest BCUT2D eigenvalue weighted by Crippen LogP contribution is -2.41. The number of carbonyl (C=O) groups excluding carboxylic acids is 1. The topological polar surface area (TPSA) is 43.1 Å². The van der Waals surface area contributed by atoms with Gasteiger partial charge in [0.15, 0.2) is 5.78 Å². The number of halogens is 2. The molecule has 0 spiro atoms. The van der Waals surface area contributed by atoms with Gasteiger partial charge in [-0.05, 0) is 26.0 Å². The van der Waals surface area contributed by atoms with Crippen LogP contribution in [0, 0.1) is 0 Å². The minimum absolute atomic E-state index is 0. The molecule has 0 saturated heterocycles. The summed E-state index contributed by atoms with van der Waals surface area (Å²) in [6, 6.07) is 6.91. The van der Waals surface area contributed by atoms with Gasteiger partial charge in [-0.1, -0.05) is 23.7 Å². The number of benzene rings is 1. The molecule has 0 fully saturated rings. The second kappa shape index (κ2) is 4.78. The zero-order chi connectivity index (χ0) is 10.1. The third-order valence-electron chi connectivity index (χ3n) is 1.70. The van der Waals surface area contributed by atoms with Crippen molar-refractivity contribution in [2.75, 3.05) is 0 Å². The van der Waals surface area contributed by atoms with E-state index in [0.717, 1.165) is 0 Å². The number of nitrogens with two attached hydrogens (primary N) is 1. The van der Waals surface area contributed by atoms with Crippen molar-refractivity contribution in [1.29, 1.82) is 0 Å². The van der Waals surface area contributed by atoms with Crippen LogP contribution in [0.5, 0.6) is 0 Å². The maximum atomic E-state index is 11.7. The van der Waals surface area contributed by atoms with E-state index in [1.807, 2.05) is 0 Å². The van der Waals surface area contributed by atoms with Gasteiger partial charge in [0, 0.05) is 5.56 Å². The lowest BCUT2D eigenvalue weighted by atomic mass is 9.94. The van der Waals surface area contributed by atoms with Crippen LogP contribution in [0.1, 0.15) is 24.2 Å². The summed E-state index contributed by atoms with van der Waals surface area (Å²) >= 11 is 5.85. The first-order valence-corrected chi connectivity index (χ1v) is 4.39. The van der Waals surface area contributed by atoms with Crippen molar-refractivity contribution in [3.63, 3.8) is 0 Å². The number of carbonyl (C=O) groups is 1. The highest BCUT2D eigenvalue weighted by atomic mass is 35.5. The lowest BCUT2D eigenvalue weighted by molar-refractivity contribution is 0.0914. The highest BCUT2D eigenvalue weighted by molar-refractivity contribution is 6.34. The molecule has 0 radical (unpaired) electrons. The van der Waals surface area contributed by atoms with Crippen LogP contribution in [0.25, 0.3) is 0 Å². The Bertz CT molecular complexity index is 331. The molecule has 1 aromatic carbocycles. The van der Waals surface area contributed by atoms with E-state index in [1.165, 1.54) is 0 Å². The summed E-state index contributed by atoms with van der Waals surface area (Å²) in [5, 5.41) is 0.450. The van der Waals surface area contributed by atoms with Crippen LogP contribution >= 0.6 is 24.0 Å². The Labute approximate surface area is 94.8 Å². The largest absolute Gasteiger partial charge is 0.319 e. The Morgan fingerprint density at radius 1 is 1.36 bits per heavy atom. The van der Waals surface area contributed by atoms with Crippen molar-refractivity contribution in [3.8, 4) is 0 Å². The van der Waals surface area contributed by atoms with Crippen LogP contribution in [0.4, 0.5) is 0 Å². The van der Waals surface area contributed by atoms with E-state index in [0.29, 0.717) is 10.6 Å². The van der Waals surface area contributed by atoms with Gasteiger partial charge in [0.25, 0.3) is 0 Å². The molecule has 0 aliphatic rings. The maximum absolute atomic E-state index is 11.7. The van der Waals surface area contributed by atoms with E-state index in [2.05, 4.69) is 0 Å². The SMILES string of the molecule is CC(C)(N)C(=O)c1ccccc1Cl.Cl. The van der Waals surface area contributed by atoms with Crippen molar-refractivity contribution in [1.82, 2.24) is 0 Å². The molecule has 2 N–H and O–H groups in total. The molecule has 0 heterocycles. The van der Waals surface area contributed by atoms with Crippen LogP contribution < -0.4 is 5.73 Å². The second-order valence-corrected chi connectivity index (χ2v) is 3.94. The zero-order valence-electron chi connectivity index (χ0n) is 8.08. The van der Waals surface area contributed by atoms with Crippen molar-refractivity contribution < 1.29 is 4.79 Å². The molecule has 14 heavy (non-hydrogen) atoms. The van der Waals surface area contributed by atoms with Crippen molar-refractivity contribution in [2.24, 2.45) is 5.73 Å². The summed E-state index contributed by atoms with van der Waals surface area (Å²) in [5.74, 6) is -0.141. The number of ketones is 1. The fraction of sp³-hybridized carbons (Fsp3) is 0.300. The highest BCUT2D eigenvalue weighted by Gasteiger charge is 2.24. The van der Waals surface area contributed by atoms with Crippen LogP contribution in [0.3, 0.4) is 0 Å². The van der Waals surface area contributed by atoms with Gasteiger partial charge in [-0.2, -0.15) is 0 Å². The summed E-state index contributed by atoms with van der Waals surface area (Å²) in [4.78, 5) is 11.7. The summed E-state index contributed by atoms with van der Waals surface area (Å²) in [7, 11) is 0. The molecule has 0 aliphatic heterocycles. The standard InChI is InChI=1S/C10H12ClNO.ClH/c1-10(2,12)9(13)7-5-3-4-6-8(7)11;/h3-6H,12H2,1-2H3;1H. The first-order valence-electron chi connectivity index (χ1n) is 4.01. The third kappa shape index (κ3) is 2.98. The predicted molar refractivity (Wildman–Crippen MR) is 61.3 cm³/mol. The average Bonchev–Trinajstić information content (AvgIpc) is 2.02. The van der Waals surface area contributed by atoms with E-state index in [9.17, 15) is 4.79 Å². The summed E-state index contributed by atoms with van der Waals surface area (Å²) in [5.41, 5.74) is 5.28. The smallest absolute Gasteiger partial charge is 0.183 e. The molecule has 0 saturated carbocycles. The lowest BCUT2D eigenvalue weighted by Gasteiger charge is -2.17. The van der Waals surface area contributed by atoms with Gasteiger partial charge >= 0.3 is 0 Å². The molecule has 0 amide bonds. The Kier molecular flexibility index (Phi) is 4.59. The Morgan fingerprint density at radius 2 is 1.86 bits per heavy atom. The monoisotopic (exact) mass is 233 g/mol. The minimum atomic E-state index is -0.870. The van der Waals surface area contributed by atoms with Gasteiger partial charge in [-0.3, -0.25) is 4.79 Å². The molecule has 0 atom stereocenters. The zero-order valence-corrected chi connectivity index (χ0v) is 9.65. The normalized spacial score (nSPS) is 10.6. The van der Waals surface area contributed by atoms with Gasteiger partial charge < -0.3 is 5.73 Å². The molecule has 2 nitrogen and oxygen atoms in total. The molecule has 0 bridgehead atoms. The van der Waals surface area contributed by atoms with Crippen molar-refractivity contribution in [3.05, 3.63) is 34.9 Å². The highest BCUT2D eigenvalue weighted by Crippen LogP contribution is 2.19. The molecule has 78 valence electrons. The number of rotatable bonds is 2. The van der Waals surface area contributed by atoms with Gasteiger partial charge in [0.2, 0.25) is 0 Å². The molecule has 0 aromatic heterocycles. The quantitative estimate of drug-likeness (QED) is 0.799. The second-order valence-electron chi connectivity index (χ2n) is 3.53. The maximum Gasteiger partial charge on any atom is 0.183 e. The summed E-state index contributed by atoms with van der Waals surface area (Å²) < 4.78 is 0. The van der Waals surface area contributed by atoms with Gasteiger partial charge in [-0.15, -0.1) is 12.4 Å². The van der Waals surface area contributed by atoms with E-state index in [4.69, 9.17) is 17.3 Å². The molecular formula is C10H13Cl2NO. The number of Topliss-reactive ketones (excluding diaryl/α,β-unsaturated/α-hetero) is 1. The van der Waals surface area contributed by atoms with Crippen LogP contribution in [0.15, 0.2) is 24.3 Å². The predicted octanol–water partition coefficient (Wildman–Crippen LogP) is 2.68. The summed E-state index contributed by atoms with van der Waals surface area (Å²) in [6.45, 7) is 3.33. The first kappa shape index (κ1) is 13.4. The molecular weight excluding hydrogens is 221 g/mol. The fourth-order valence-electron chi connectivity index (χ4n) is 0.992. The number of hydrogen-bond donors (Lipinski definition) is 1.